The van der Waals surface area contributed by atoms with E-state index in [-0.39, 0.29) is 23.2 Å². The number of carbonyl (C=O) groups excluding carboxylic acids is 1. The standard InChI is InChI=1S/C17H16F5N7OS/c1-17(8-10-24-16(17)30)29-27-15(26-28-29)13-3-2-9-23-14(13)25-11-4-6-12(7-5-11)31(18,19,20,21)22/h2-7,9H,8,10H2,1H3,(H,23,25)(H,24,30)/t17-/m0/s1. The van der Waals surface area contributed by atoms with Gasteiger partial charge in [-0.25, -0.2) is 4.98 Å². The van der Waals surface area contributed by atoms with Crippen molar-refractivity contribution in [1.82, 2.24) is 30.5 Å². The lowest BCUT2D eigenvalue weighted by Gasteiger charge is -2.40. The Labute approximate surface area is 172 Å². The molecule has 3 heterocycles. The Balaban J connectivity index is 1.63. The minimum atomic E-state index is -9.75. The molecule has 8 nitrogen and oxygen atoms in total. The van der Waals surface area contributed by atoms with E-state index in [0.29, 0.717) is 30.7 Å². The number of halogens is 5. The fourth-order valence-corrected chi connectivity index (χ4v) is 3.71. The number of nitrogens with zero attached hydrogens (tertiary/aromatic N) is 5. The number of tetrazole rings is 1. The Bertz CT molecular complexity index is 1170. The number of rotatable bonds is 5. The number of amides is 1. The predicted molar refractivity (Wildman–Crippen MR) is 103 cm³/mol. The van der Waals surface area contributed by atoms with Crippen LogP contribution in [-0.4, -0.2) is 37.6 Å². The van der Waals surface area contributed by atoms with Gasteiger partial charge in [-0.3, -0.25) is 4.79 Å². The van der Waals surface area contributed by atoms with E-state index in [2.05, 4.69) is 31.0 Å². The minimum absolute atomic E-state index is 0.0973. The van der Waals surface area contributed by atoms with E-state index >= 15 is 0 Å². The van der Waals surface area contributed by atoms with Crippen molar-refractivity contribution in [3.63, 3.8) is 0 Å². The van der Waals surface area contributed by atoms with Gasteiger partial charge in [0.2, 0.25) is 11.7 Å². The second-order valence-corrected chi connectivity index (χ2v) is 9.61. The Hall–Kier alpha value is -3.29. The second kappa shape index (κ2) is 6.12. The molecular weight excluding hydrogens is 445 g/mol. The number of hydrogen-bond acceptors (Lipinski definition) is 6. The second-order valence-electron chi connectivity index (χ2n) is 7.20. The highest BCUT2D eigenvalue weighted by atomic mass is 32.5. The molecule has 1 amide bonds. The van der Waals surface area contributed by atoms with Gasteiger partial charge >= 0.3 is 10.2 Å². The maximum atomic E-state index is 12.9. The third-order valence-electron chi connectivity index (χ3n) is 4.85. The lowest BCUT2D eigenvalue weighted by molar-refractivity contribution is -0.126. The zero-order valence-electron chi connectivity index (χ0n) is 15.9. The number of hydrogen-bond donors (Lipinski definition) is 2. The number of carbonyl (C=O) groups is 1. The monoisotopic (exact) mass is 461 g/mol. The smallest absolute Gasteiger partial charge is 0.310 e. The summed E-state index contributed by atoms with van der Waals surface area (Å²) in [7, 11) is -9.75. The molecular formula is C17H16F5N7OS. The Morgan fingerprint density at radius 3 is 2.45 bits per heavy atom. The molecule has 0 aliphatic carbocycles. The highest BCUT2D eigenvalue weighted by Crippen LogP contribution is 3.02. The van der Waals surface area contributed by atoms with Crippen molar-refractivity contribution < 1.29 is 24.2 Å². The molecule has 1 aliphatic rings. The largest absolute Gasteiger partial charge is 0.354 e. The van der Waals surface area contributed by atoms with Gasteiger partial charge in [0.05, 0.1) is 5.56 Å². The first kappa shape index (κ1) is 21.0. The van der Waals surface area contributed by atoms with Crippen molar-refractivity contribution in [2.24, 2.45) is 0 Å². The van der Waals surface area contributed by atoms with Crippen LogP contribution in [0.1, 0.15) is 13.3 Å². The van der Waals surface area contributed by atoms with Gasteiger partial charge in [0.1, 0.15) is 10.7 Å². The van der Waals surface area contributed by atoms with Crippen LogP contribution < -0.4 is 10.6 Å². The summed E-state index contributed by atoms with van der Waals surface area (Å²) in [6.07, 6.45) is 1.89. The third kappa shape index (κ3) is 4.02. The summed E-state index contributed by atoms with van der Waals surface area (Å²) in [6, 6.07) is 5.54. The van der Waals surface area contributed by atoms with Crippen LogP contribution in [0, 0.1) is 0 Å². The maximum absolute atomic E-state index is 12.9. The van der Waals surface area contributed by atoms with Gasteiger partial charge in [-0.1, -0.05) is 19.4 Å². The fourth-order valence-electron chi connectivity index (χ4n) is 3.06. The Kier molecular flexibility index (Phi) is 4.14. The number of anilines is 2. The van der Waals surface area contributed by atoms with E-state index in [1.165, 1.54) is 11.0 Å². The maximum Gasteiger partial charge on any atom is 0.310 e. The molecule has 1 atom stereocenters. The van der Waals surface area contributed by atoms with Crippen LogP contribution in [0.3, 0.4) is 0 Å². The zero-order valence-corrected chi connectivity index (χ0v) is 16.7. The molecule has 2 aromatic heterocycles. The van der Waals surface area contributed by atoms with Gasteiger partial charge in [0.15, 0.2) is 5.54 Å². The van der Waals surface area contributed by atoms with Crippen molar-refractivity contribution in [3.8, 4) is 11.4 Å². The van der Waals surface area contributed by atoms with Gasteiger partial charge in [-0.2, -0.15) is 0 Å². The molecule has 31 heavy (non-hydrogen) atoms. The average Bonchev–Trinajstić information content (AvgIpc) is 3.29. The summed E-state index contributed by atoms with van der Waals surface area (Å²) in [5.41, 5.74) is -0.546. The molecule has 14 heteroatoms. The SMILES string of the molecule is C[C@]1(n2nnc(-c3cccnc3Nc3ccc(S(F)(F)(F)(F)F)cc3)n2)CCNC1=O. The van der Waals surface area contributed by atoms with E-state index in [1.54, 1.807) is 19.1 Å². The number of benzene rings is 1. The van der Waals surface area contributed by atoms with Crippen molar-refractivity contribution in [3.05, 3.63) is 42.6 Å². The van der Waals surface area contributed by atoms with E-state index in [9.17, 15) is 24.2 Å². The van der Waals surface area contributed by atoms with Gasteiger partial charge in [0.25, 0.3) is 0 Å². The number of aromatic nitrogens is 5. The van der Waals surface area contributed by atoms with Crippen LogP contribution in [0.2, 0.25) is 0 Å². The van der Waals surface area contributed by atoms with Crippen LogP contribution in [0.4, 0.5) is 30.9 Å². The van der Waals surface area contributed by atoms with Gasteiger partial charge < -0.3 is 10.6 Å². The summed E-state index contributed by atoms with van der Waals surface area (Å²) in [6.45, 7) is 2.14. The lowest BCUT2D eigenvalue weighted by Crippen LogP contribution is -2.40. The van der Waals surface area contributed by atoms with Gasteiger partial charge in [0, 0.05) is 24.8 Å². The molecule has 1 aliphatic heterocycles. The summed E-state index contributed by atoms with van der Waals surface area (Å²) in [5.74, 6) is 0.0494. The highest BCUT2D eigenvalue weighted by Gasteiger charge is 2.65. The van der Waals surface area contributed by atoms with Crippen LogP contribution in [0.15, 0.2) is 47.5 Å². The third-order valence-corrected chi connectivity index (χ3v) is 6.02. The number of nitrogens with one attached hydrogen (secondary N) is 2. The Morgan fingerprint density at radius 2 is 1.84 bits per heavy atom. The predicted octanol–water partition coefficient (Wildman–Crippen LogP) is 4.37. The highest BCUT2D eigenvalue weighted by molar-refractivity contribution is 8.45. The summed E-state index contributed by atoms with van der Waals surface area (Å²) in [5, 5.41) is 17.6. The minimum Gasteiger partial charge on any atom is -0.354 e. The van der Waals surface area contributed by atoms with Crippen LogP contribution in [0.25, 0.3) is 11.4 Å². The molecule has 166 valence electrons. The summed E-state index contributed by atoms with van der Waals surface area (Å²) >= 11 is 0. The van der Waals surface area contributed by atoms with Crippen molar-refractivity contribution in [2.75, 3.05) is 11.9 Å². The fraction of sp³-hybridized carbons (Fsp3) is 0.235. The lowest BCUT2D eigenvalue weighted by atomic mass is 10.0. The first-order chi connectivity index (χ1) is 14.3. The summed E-state index contributed by atoms with van der Waals surface area (Å²) in [4.78, 5) is 15.4. The average molecular weight is 461 g/mol. The molecule has 0 bridgehead atoms. The first-order valence-electron chi connectivity index (χ1n) is 8.92. The van der Waals surface area contributed by atoms with Crippen molar-refractivity contribution >= 4 is 27.6 Å². The molecule has 1 aromatic carbocycles. The molecule has 4 rings (SSSR count). The van der Waals surface area contributed by atoms with Crippen molar-refractivity contribution in [1.29, 1.82) is 0 Å². The molecule has 0 unspecified atom stereocenters. The van der Waals surface area contributed by atoms with Gasteiger partial charge in [-0.05, 0) is 48.5 Å². The molecule has 0 spiro atoms. The molecule has 0 saturated carbocycles. The molecule has 2 N–H and O–H groups in total. The van der Waals surface area contributed by atoms with Crippen LogP contribution in [-0.2, 0) is 10.3 Å². The van der Waals surface area contributed by atoms with Crippen LogP contribution >= 0.6 is 10.2 Å². The van der Waals surface area contributed by atoms with Gasteiger partial charge in [-0.15, -0.1) is 15.0 Å². The zero-order chi connectivity index (χ0) is 22.6. The normalized spacial score (nSPS) is 21.3. The topological polar surface area (TPSA) is 97.6 Å². The van der Waals surface area contributed by atoms with E-state index in [4.69, 9.17) is 0 Å². The molecule has 3 aromatic rings. The van der Waals surface area contributed by atoms with E-state index in [1.807, 2.05) is 0 Å². The number of pyridine rings is 1. The summed E-state index contributed by atoms with van der Waals surface area (Å²) < 4.78 is 64.5. The van der Waals surface area contributed by atoms with E-state index < -0.39 is 20.7 Å². The molecule has 1 fully saturated rings. The first-order valence-corrected chi connectivity index (χ1v) is 10.9. The van der Waals surface area contributed by atoms with Crippen LogP contribution in [0.5, 0.6) is 0 Å². The molecule has 1 saturated heterocycles. The Morgan fingerprint density at radius 1 is 1.13 bits per heavy atom. The van der Waals surface area contributed by atoms with E-state index in [0.717, 1.165) is 12.1 Å². The quantitative estimate of drug-likeness (QED) is 0.548. The molecule has 0 radical (unpaired) electrons. The van der Waals surface area contributed by atoms with Crippen molar-refractivity contribution in [2.45, 2.75) is 23.8 Å².